The number of ether oxygens (including phenoxy) is 2. The number of hydrogen-bond donors (Lipinski definition) is 1. The summed E-state index contributed by atoms with van der Waals surface area (Å²) in [5.41, 5.74) is 6.97. The van der Waals surface area contributed by atoms with Gasteiger partial charge < -0.3 is 15.2 Å². The van der Waals surface area contributed by atoms with Gasteiger partial charge in [0.05, 0.1) is 20.9 Å². The van der Waals surface area contributed by atoms with E-state index in [2.05, 4.69) is 52.1 Å². The maximum atomic E-state index is 11.9. The zero-order valence-corrected chi connectivity index (χ0v) is 17.3. The molecule has 1 atom stereocenters. The first kappa shape index (κ1) is 20.0. The summed E-state index contributed by atoms with van der Waals surface area (Å²) >= 11 is 4.45. The summed E-state index contributed by atoms with van der Waals surface area (Å²) in [5, 5.41) is 0. The van der Waals surface area contributed by atoms with Crippen molar-refractivity contribution in [3.05, 3.63) is 24.8 Å². The van der Waals surface area contributed by atoms with E-state index in [1.807, 2.05) is 12.1 Å². The van der Waals surface area contributed by atoms with Crippen LogP contribution in [0.4, 0.5) is 0 Å². The van der Waals surface area contributed by atoms with Crippen molar-refractivity contribution in [3.8, 4) is 5.75 Å². The standard InChI is InChI=1S/C16H23I2NO3/c1-3-4-5-6-7-22-16(20)14(19)10-11-8-12(17)15(21-2)13(18)9-11/h8-9,14H,3-7,10,19H2,1-2H3. The van der Waals surface area contributed by atoms with E-state index in [0.29, 0.717) is 13.0 Å². The molecule has 0 bridgehead atoms. The first-order valence-electron chi connectivity index (χ1n) is 7.43. The Bertz CT molecular complexity index is 471. The van der Waals surface area contributed by atoms with Gasteiger partial charge in [-0.25, -0.2) is 0 Å². The van der Waals surface area contributed by atoms with E-state index >= 15 is 0 Å². The number of rotatable bonds is 9. The summed E-state index contributed by atoms with van der Waals surface area (Å²) in [7, 11) is 1.65. The minimum absolute atomic E-state index is 0.322. The van der Waals surface area contributed by atoms with Gasteiger partial charge in [0, 0.05) is 0 Å². The smallest absolute Gasteiger partial charge is 0.323 e. The Kier molecular flexibility index (Phi) is 9.65. The molecule has 1 aromatic rings. The predicted octanol–water partition coefficient (Wildman–Crippen LogP) is 3.90. The number of halogens is 2. The van der Waals surface area contributed by atoms with Crippen molar-refractivity contribution in [3.63, 3.8) is 0 Å². The fourth-order valence-electron chi connectivity index (χ4n) is 2.07. The number of hydrogen-bond acceptors (Lipinski definition) is 4. The number of unbranched alkanes of at least 4 members (excludes halogenated alkanes) is 3. The molecule has 1 rings (SSSR count). The van der Waals surface area contributed by atoms with Crippen LogP contribution in [-0.2, 0) is 16.0 Å². The van der Waals surface area contributed by atoms with E-state index in [0.717, 1.165) is 31.3 Å². The number of carbonyl (C=O) groups is 1. The summed E-state index contributed by atoms with van der Waals surface area (Å²) < 4.78 is 12.6. The van der Waals surface area contributed by atoms with Crippen LogP contribution in [0.3, 0.4) is 0 Å². The first-order valence-corrected chi connectivity index (χ1v) is 9.59. The van der Waals surface area contributed by atoms with Crippen LogP contribution in [0.25, 0.3) is 0 Å². The average Bonchev–Trinajstić information content (AvgIpc) is 2.46. The summed E-state index contributed by atoms with van der Waals surface area (Å²) in [6.45, 7) is 2.61. The van der Waals surface area contributed by atoms with Gasteiger partial charge >= 0.3 is 5.97 Å². The van der Waals surface area contributed by atoms with Crippen molar-refractivity contribution in [1.82, 2.24) is 0 Å². The number of nitrogens with two attached hydrogens (primary N) is 1. The fraction of sp³-hybridized carbons (Fsp3) is 0.562. The third-order valence-corrected chi connectivity index (χ3v) is 4.87. The molecule has 4 nitrogen and oxygen atoms in total. The molecule has 0 heterocycles. The molecule has 0 radical (unpaired) electrons. The number of esters is 1. The van der Waals surface area contributed by atoms with Gasteiger partial charge in [-0.3, -0.25) is 4.79 Å². The minimum atomic E-state index is -0.619. The highest BCUT2D eigenvalue weighted by Gasteiger charge is 2.17. The van der Waals surface area contributed by atoms with Gasteiger partial charge in [-0.05, 0) is 75.7 Å². The quantitative estimate of drug-likeness (QED) is 0.299. The molecule has 124 valence electrons. The molecule has 0 aromatic heterocycles. The summed E-state index contributed by atoms with van der Waals surface area (Å²) in [6.07, 6.45) is 4.82. The summed E-state index contributed by atoms with van der Waals surface area (Å²) in [4.78, 5) is 11.9. The molecule has 1 unspecified atom stereocenters. The molecule has 0 aliphatic carbocycles. The number of carbonyl (C=O) groups excluding carboxylic acids is 1. The topological polar surface area (TPSA) is 61.5 Å². The van der Waals surface area contributed by atoms with Crippen molar-refractivity contribution < 1.29 is 14.3 Å². The van der Waals surface area contributed by atoms with E-state index in [4.69, 9.17) is 15.2 Å². The third-order valence-electron chi connectivity index (χ3n) is 3.26. The van der Waals surface area contributed by atoms with Crippen molar-refractivity contribution >= 4 is 51.2 Å². The highest BCUT2D eigenvalue weighted by molar-refractivity contribution is 14.1. The lowest BCUT2D eigenvalue weighted by Gasteiger charge is -2.13. The van der Waals surface area contributed by atoms with Gasteiger partial charge in [0.25, 0.3) is 0 Å². The normalized spacial score (nSPS) is 12.0. The second-order valence-corrected chi connectivity index (χ2v) is 7.46. The number of benzene rings is 1. The Morgan fingerprint density at radius 1 is 1.23 bits per heavy atom. The molecule has 0 aliphatic rings. The highest BCUT2D eigenvalue weighted by Crippen LogP contribution is 2.28. The lowest BCUT2D eigenvalue weighted by atomic mass is 10.1. The molecular formula is C16H23I2NO3. The Balaban J connectivity index is 2.50. The molecule has 0 saturated heterocycles. The number of methoxy groups -OCH3 is 1. The van der Waals surface area contributed by atoms with Gasteiger partial charge in [0.2, 0.25) is 0 Å². The van der Waals surface area contributed by atoms with E-state index in [1.54, 1.807) is 7.11 Å². The van der Waals surface area contributed by atoms with Crippen LogP contribution >= 0.6 is 45.2 Å². The molecule has 0 amide bonds. The molecule has 0 spiro atoms. The maximum Gasteiger partial charge on any atom is 0.323 e. The van der Waals surface area contributed by atoms with Crippen LogP contribution in [0.5, 0.6) is 5.75 Å². The molecular weight excluding hydrogens is 508 g/mol. The molecule has 0 fully saturated rings. The summed E-state index contributed by atoms with van der Waals surface area (Å²) in [5.74, 6) is 0.536. The van der Waals surface area contributed by atoms with E-state index in [-0.39, 0.29) is 5.97 Å². The lowest BCUT2D eigenvalue weighted by Crippen LogP contribution is -2.34. The van der Waals surface area contributed by atoms with Crippen LogP contribution in [-0.4, -0.2) is 25.7 Å². The SMILES string of the molecule is CCCCCCOC(=O)C(N)Cc1cc(I)c(OC)c(I)c1. The lowest BCUT2D eigenvalue weighted by molar-refractivity contribution is -0.145. The molecule has 6 heteroatoms. The maximum absolute atomic E-state index is 11.9. The van der Waals surface area contributed by atoms with Crippen LogP contribution in [0.2, 0.25) is 0 Å². The van der Waals surface area contributed by atoms with Crippen LogP contribution < -0.4 is 10.5 Å². The van der Waals surface area contributed by atoms with E-state index in [1.165, 1.54) is 12.8 Å². The molecule has 1 aromatic carbocycles. The highest BCUT2D eigenvalue weighted by atomic mass is 127. The zero-order chi connectivity index (χ0) is 16.5. The van der Waals surface area contributed by atoms with Crippen molar-refractivity contribution in [1.29, 1.82) is 0 Å². The van der Waals surface area contributed by atoms with Crippen molar-refractivity contribution in [2.24, 2.45) is 5.73 Å². The van der Waals surface area contributed by atoms with Gasteiger partial charge in [0.1, 0.15) is 11.8 Å². The Morgan fingerprint density at radius 3 is 2.41 bits per heavy atom. The van der Waals surface area contributed by atoms with Crippen LogP contribution in [0, 0.1) is 7.14 Å². The summed E-state index contributed by atoms with van der Waals surface area (Å²) in [6, 6.07) is 3.37. The van der Waals surface area contributed by atoms with Crippen LogP contribution in [0.15, 0.2) is 12.1 Å². The monoisotopic (exact) mass is 531 g/mol. The molecule has 0 saturated carbocycles. The largest absolute Gasteiger partial charge is 0.495 e. The third kappa shape index (κ3) is 6.57. The van der Waals surface area contributed by atoms with Crippen LogP contribution in [0.1, 0.15) is 38.2 Å². The molecule has 2 N–H and O–H groups in total. The second-order valence-electron chi connectivity index (χ2n) is 5.13. The minimum Gasteiger partial charge on any atom is -0.495 e. The zero-order valence-electron chi connectivity index (χ0n) is 13.0. The van der Waals surface area contributed by atoms with Crippen molar-refractivity contribution in [2.45, 2.75) is 45.1 Å². The van der Waals surface area contributed by atoms with Gasteiger partial charge in [-0.15, -0.1) is 0 Å². The Labute approximate surface area is 159 Å². The fourth-order valence-corrected chi connectivity index (χ4v) is 4.41. The average molecular weight is 531 g/mol. The van der Waals surface area contributed by atoms with Gasteiger partial charge in [0.15, 0.2) is 0 Å². The second kappa shape index (κ2) is 10.6. The van der Waals surface area contributed by atoms with Gasteiger partial charge in [-0.2, -0.15) is 0 Å². The van der Waals surface area contributed by atoms with E-state index < -0.39 is 6.04 Å². The predicted molar refractivity (Wildman–Crippen MR) is 105 cm³/mol. The Morgan fingerprint density at radius 2 is 1.86 bits per heavy atom. The Hall–Kier alpha value is -0.0900. The molecule has 22 heavy (non-hydrogen) atoms. The van der Waals surface area contributed by atoms with Gasteiger partial charge in [-0.1, -0.05) is 26.2 Å². The van der Waals surface area contributed by atoms with Crippen molar-refractivity contribution in [2.75, 3.05) is 13.7 Å². The molecule has 0 aliphatic heterocycles. The first-order chi connectivity index (χ1) is 10.5. The van der Waals surface area contributed by atoms with E-state index in [9.17, 15) is 4.79 Å².